The van der Waals surface area contributed by atoms with Gasteiger partial charge in [0.1, 0.15) is 5.78 Å². The van der Waals surface area contributed by atoms with Gasteiger partial charge in [-0.15, -0.1) is 6.58 Å². The number of phenolic OH excluding ortho intramolecular Hbond substituents is 2. The number of phenols is 2. The Morgan fingerprint density at radius 2 is 2.22 bits per heavy atom. The van der Waals surface area contributed by atoms with Crippen LogP contribution in [0.25, 0.3) is 0 Å². The monoisotopic (exact) mass is 313 g/mol. The number of hydrogen-bond acceptors (Lipinski definition) is 4. The third-order valence-corrected chi connectivity index (χ3v) is 6.31. The number of carbonyl (C=O) groups excluding carboxylic acids is 1. The molecule has 0 amide bonds. The molecule has 0 radical (unpaired) electrons. The molecule has 2 N–H and O–H groups in total. The summed E-state index contributed by atoms with van der Waals surface area (Å²) >= 11 is 0. The van der Waals surface area contributed by atoms with E-state index in [-0.39, 0.29) is 16.9 Å². The molecule has 0 spiro atoms. The summed E-state index contributed by atoms with van der Waals surface area (Å²) in [5, 5.41) is 20.3. The lowest BCUT2D eigenvalue weighted by atomic mass is 9.52. The molecule has 2 bridgehead atoms. The zero-order valence-corrected chi connectivity index (χ0v) is 13.3. The molecule has 4 heteroatoms. The molecule has 122 valence electrons. The fourth-order valence-corrected chi connectivity index (χ4v) is 5.36. The molecule has 1 aliphatic heterocycles. The molecule has 0 unspecified atom stereocenters. The van der Waals surface area contributed by atoms with Gasteiger partial charge in [0.05, 0.1) is 0 Å². The Kier molecular flexibility index (Phi) is 3.27. The van der Waals surface area contributed by atoms with E-state index in [1.807, 2.05) is 12.1 Å². The third-order valence-electron chi connectivity index (χ3n) is 6.31. The van der Waals surface area contributed by atoms with Crippen LogP contribution in [-0.2, 0) is 16.6 Å². The predicted octanol–water partition coefficient (Wildman–Crippen LogP) is 2.52. The van der Waals surface area contributed by atoms with E-state index in [0.717, 1.165) is 43.5 Å². The van der Waals surface area contributed by atoms with Crippen LogP contribution in [0.2, 0.25) is 0 Å². The number of ketones is 1. The fourth-order valence-electron chi connectivity index (χ4n) is 5.36. The van der Waals surface area contributed by atoms with Gasteiger partial charge in [-0.1, -0.05) is 12.1 Å². The smallest absolute Gasteiger partial charge is 0.161 e. The first-order valence-corrected chi connectivity index (χ1v) is 8.48. The summed E-state index contributed by atoms with van der Waals surface area (Å²) in [7, 11) is 0. The Bertz CT molecular complexity index is 683. The summed E-state index contributed by atoms with van der Waals surface area (Å²) < 4.78 is 0. The number of piperidine rings is 1. The van der Waals surface area contributed by atoms with Crippen molar-refractivity contribution < 1.29 is 15.0 Å². The summed E-state index contributed by atoms with van der Waals surface area (Å²) in [6.07, 6.45) is 5.78. The van der Waals surface area contributed by atoms with Gasteiger partial charge in [-0.05, 0) is 43.4 Å². The Balaban J connectivity index is 1.89. The Morgan fingerprint density at radius 1 is 1.39 bits per heavy atom. The summed E-state index contributed by atoms with van der Waals surface area (Å²) in [4.78, 5) is 14.7. The minimum absolute atomic E-state index is 0.00352. The van der Waals surface area contributed by atoms with Gasteiger partial charge in [0.15, 0.2) is 11.5 Å². The highest BCUT2D eigenvalue weighted by molar-refractivity contribution is 5.82. The molecule has 1 heterocycles. The van der Waals surface area contributed by atoms with E-state index in [2.05, 4.69) is 11.5 Å². The summed E-state index contributed by atoms with van der Waals surface area (Å²) in [6, 6.07) is 3.83. The van der Waals surface area contributed by atoms with Gasteiger partial charge in [-0.2, -0.15) is 0 Å². The van der Waals surface area contributed by atoms with Crippen molar-refractivity contribution in [3.8, 4) is 11.5 Å². The molecule has 3 atom stereocenters. The molecule has 1 aromatic carbocycles. The lowest BCUT2D eigenvalue weighted by molar-refractivity contribution is -0.127. The molecule has 0 aromatic heterocycles. The second kappa shape index (κ2) is 5.10. The SMILES string of the molecule is C=CCN1CC[C@]23CC(=O)CC[C@H]2[C@H]1Cc1c3ccc(O)c1O. The molecule has 4 nitrogen and oxygen atoms in total. The predicted molar refractivity (Wildman–Crippen MR) is 87.7 cm³/mol. The summed E-state index contributed by atoms with van der Waals surface area (Å²) in [5.74, 6) is 0.723. The number of aromatic hydroxyl groups is 2. The van der Waals surface area contributed by atoms with Crippen molar-refractivity contribution in [2.75, 3.05) is 13.1 Å². The topological polar surface area (TPSA) is 60.8 Å². The minimum atomic E-state index is -0.156. The number of carbonyl (C=O) groups is 1. The van der Waals surface area contributed by atoms with Gasteiger partial charge in [-0.25, -0.2) is 0 Å². The van der Waals surface area contributed by atoms with Crippen molar-refractivity contribution in [2.24, 2.45) is 5.92 Å². The first-order chi connectivity index (χ1) is 11.1. The fraction of sp³-hybridized carbons (Fsp3) is 0.526. The van der Waals surface area contributed by atoms with Crippen molar-refractivity contribution in [3.05, 3.63) is 35.9 Å². The highest BCUT2D eigenvalue weighted by Crippen LogP contribution is 2.57. The van der Waals surface area contributed by atoms with Crippen LogP contribution in [0.3, 0.4) is 0 Å². The zero-order chi connectivity index (χ0) is 16.2. The van der Waals surface area contributed by atoms with Gasteiger partial charge < -0.3 is 10.2 Å². The number of likely N-dealkylation sites (tertiary alicyclic amines) is 1. The van der Waals surface area contributed by atoms with Crippen molar-refractivity contribution in [1.29, 1.82) is 0 Å². The molecule has 4 rings (SSSR count). The normalized spacial score (nSPS) is 33.0. The number of nitrogens with zero attached hydrogens (tertiary/aromatic N) is 1. The second-order valence-corrected chi connectivity index (χ2v) is 7.28. The summed E-state index contributed by atoms with van der Waals surface area (Å²) in [6.45, 7) is 5.66. The van der Waals surface area contributed by atoms with Crippen LogP contribution in [0.4, 0.5) is 0 Å². The van der Waals surface area contributed by atoms with Gasteiger partial charge >= 0.3 is 0 Å². The first kappa shape index (κ1) is 14.8. The van der Waals surface area contributed by atoms with Crippen LogP contribution in [-0.4, -0.2) is 40.0 Å². The Labute approximate surface area is 136 Å². The van der Waals surface area contributed by atoms with Crippen LogP contribution < -0.4 is 0 Å². The van der Waals surface area contributed by atoms with Crippen molar-refractivity contribution in [2.45, 2.75) is 43.6 Å². The van der Waals surface area contributed by atoms with Crippen molar-refractivity contribution in [3.63, 3.8) is 0 Å². The molecule has 1 saturated carbocycles. The van der Waals surface area contributed by atoms with Crippen LogP contribution in [0.15, 0.2) is 24.8 Å². The average molecular weight is 313 g/mol. The largest absolute Gasteiger partial charge is 0.504 e. The average Bonchev–Trinajstić information content (AvgIpc) is 2.53. The Morgan fingerprint density at radius 3 is 3.00 bits per heavy atom. The van der Waals surface area contributed by atoms with Crippen molar-refractivity contribution in [1.82, 2.24) is 4.90 Å². The van der Waals surface area contributed by atoms with Crippen LogP contribution in [0.1, 0.15) is 36.8 Å². The number of benzene rings is 1. The molecular weight excluding hydrogens is 290 g/mol. The lowest BCUT2D eigenvalue weighted by Gasteiger charge is -2.58. The second-order valence-electron chi connectivity index (χ2n) is 7.28. The van der Waals surface area contributed by atoms with E-state index in [1.54, 1.807) is 6.07 Å². The van der Waals surface area contributed by atoms with E-state index in [4.69, 9.17) is 0 Å². The maximum atomic E-state index is 12.2. The number of hydrogen-bond donors (Lipinski definition) is 2. The van der Waals surface area contributed by atoms with Gasteiger partial charge in [-0.3, -0.25) is 9.69 Å². The van der Waals surface area contributed by atoms with E-state index >= 15 is 0 Å². The standard InChI is InChI=1S/C19H23NO3/c1-2-8-20-9-7-19-11-12(21)3-4-15(19)16(20)10-13-14(19)5-6-17(22)18(13)23/h2,5-6,15-16,22-23H,1,3-4,7-11H2/t15-,16+,19+/m0/s1. The highest BCUT2D eigenvalue weighted by Gasteiger charge is 2.55. The van der Waals surface area contributed by atoms with Crippen molar-refractivity contribution >= 4 is 5.78 Å². The molecule has 1 saturated heterocycles. The van der Waals surface area contributed by atoms with Gasteiger partial charge in [0.25, 0.3) is 0 Å². The highest BCUT2D eigenvalue weighted by atomic mass is 16.3. The maximum Gasteiger partial charge on any atom is 0.161 e. The minimum Gasteiger partial charge on any atom is -0.504 e. The molecule has 1 aromatic rings. The number of Topliss-reactive ketones (excluding diaryl/α,β-unsaturated/α-hetero) is 1. The first-order valence-electron chi connectivity index (χ1n) is 8.48. The molecule has 23 heavy (non-hydrogen) atoms. The third kappa shape index (κ3) is 1.97. The lowest BCUT2D eigenvalue weighted by Crippen LogP contribution is -2.61. The quantitative estimate of drug-likeness (QED) is 0.650. The van der Waals surface area contributed by atoms with Gasteiger partial charge in [0, 0.05) is 36.4 Å². The van der Waals surface area contributed by atoms with Gasteiger partial charge in [0.2, 0.25) is 0 Å². The number of rotatable bonds is 2. The number of fused-ring (bicyclic) bond motifs is 1. The summed E-state index contributed by atoms with van der Waals surface area (Å²) in [5.41, 5.74) is 1.78. The Hall–Kier alpha value is -1.81. The van der Waals surface area contributed by atoms with E-state index in [0.29, 0.717) is 30.6 Å². The van der Waals surface area contributed by atoms with Crippen LogP contribution >= 0.6 is 0 Å². The van der Waals surface area contributed by atoms with E-state index < -0.39 is 0 Å². The van der Waals surface area contributed by atoms with Crippen LogP contribution in [0.5, 0.6) is 11.5 Å². The molecule has 2 fully saturated rings. The van der Waals surface area contributed by atoms with Crippen LogP contribution in [0, 0.1) is 5.92 Å². The molecule has 3 aliphatic rings. The molecular formula is C19H23NO3. The maximum absolute atomic E-state index is 12.2. The van der Waals surface area contributed by atoms with E-state index in [9.17, 15) is 15.0 Å². The zero-order valence-electron chi connectivity index (χ0n) is 13.3. The molecule has 2 aliphatic carbocycles. The van der Waals surface area contributed by atoms with E-state index in [1.165, 1.54) is 0 Å².